The largest absolute Gasteiger partial charge is 0.507 e. The molecule has 0 saturated heterocycles. The van der Waals surface area contributed by atoms with Gasteiger partial charge in [-0.1, -0.05) is 23.2 Å². The molecule has 1 amide bonds. The van der Waals surface area contributed by atoms with Gasteiger partial charge in [0.25, 0.3) is 5.91 Å². The lowest BCUT2D eigenvalue weighted by atomic mass is 10.1. The molecule has 0 radical (unpaired) electrons. The van der Waals surface area contributed by atoms with E-state index in [2.05, 4.69) is 0 Å². The highest BCUT2D eigenvalue weighted by Crippen LogP contribution is 2.29. The lowest BCUT2D eigenvalue weighted by Crippen LogP contribution is -2.27. The Morgan fingerprint density at radius 3 is 2.45 bits per heavy atom. The highest BCUT2D eigenvalue weighted by molar-refractivity contribution is 6.31. The molecule has 0 unspecified atom stereocenters. The van der Waals surface area contributed by atoms with Crippen molar-refractivity contribution in [2.24, 2.45) is 0 Å². The number of phenols is 1. The van der Waals surface area contributed by atoms with Gasteiger partial charge in [-0.15, -0.1) is 0 Å². The van der Waals surface area contributed by atoms with Crippen LogP contribution in [0.1, 0.15) is 10.4 Å². The van der Waals surface area contributed by atoms with Crippen molar-refractivity contribution in [1.82, 2.24) is 0 Å². The zero-order valence-electron chi connectivity index (χ0n) is 10.6. The van der Waals surface area contributed by atoms with Gasteiger partial charge in [0.1, 0.15) is 5.75 Å². The molecule has 3 N–H and O–H groups in total. The summed E-state index contributed by atoms with van der Waals surface area (Å²) in [6.07, 6.45) is 0. The van der Waals surface area contributed by atoms with Gasteiger partial charge in [0.05, 0.1) is 16.9 Å². The van der Waals surface area contributed by atoms with Crippen molar-refractivity contribution < 1.29 is 9.90 Å². The molecule has 104 valence electrons. The average Bonchev–Trinajstić information content (AvgIpc) is 2.42. The van der Waals surface area contributed by atoms with Crippen LogP contribution in [0.25, 0.3) is 0 Å². The molecule has 4 nitrogen and oxygen atoms in total. The zero-order chi connectivity index (χ0) is 14.9. The fraction of sp³-hybridized carbons (Fsp3) is 0.0714. The first kappa shape index (κ1) is 14.5. The van der Waals surface area contributed by atoms with Crippen molar-refractivity contribution in [2.75, 3.05) is 17.7 Å². The molecular formula is C14H12Cl2N2O2. The van der Waals surface area contributed by atoms with Gasteiger partial charge in [0.15, 0.2) is 0 Å². The summed E-state index contributed by atoms with van der Waals surface area (Å²) < 4.78 is 0. The number of amides is 1. The quantitative estimate of drug-likeness (QED) is 0.833. The number of benzene rings is 2. The molecular weight excluding hydrogens is 299 g/mol. The van der Waals surface area contributed by atoms with E-state index < -0.39 is 5.91 Å². The Morgan fingerprint density at radius 1 is 1.15 bits per heavy atom. The molecule has 0 aliphatic rings. The maximum atomic E-state index is 12.4. The number of carbonyl (C=O) groups is 1. The number of rotatable bonds is 2. The molecule has 2 aromatic rings. The summed E-state index contributed by atoms with van der Waals surface area (Å²) in [7, 11) is 1.55. The number of nitrogens with zero attached hydrogens (tertiary/aromatic N) is 1. The van der Waals surface area contributed by atoms with Crippen LogP contribution < -0.4 is 10.6 Å². The third-order valence-corrected chi connectivity index (χ3v) is 3.32. The fourth-order valence-corrected chi connectivity index (χ4v) is 2.12. The molecule has 20 heavy (non-hydrogen) atoms. The molecule has 0 heterocycles. The molecule has 0 atom stereocenters. The monoisotopic (exact) mass is 310 g/mol. The molecule has 0 saturated carbocycles. The van der Waals surface area contributed by atoms with E-state index in [1.807, 2.05) is 0 Å². The Bertz CT molecular complexity index is 674. The van der Waals surface area contributed by atoms with Gasteiger partial charge >= 0.3 is 0 Å². The van der Waals surface area contributed by atoms with E-state index in [0.29, 0.717) is 21.4 Å². The number of halogens is 2. The van der Waals surface area contributed by atoms with Crippen LogP contribution in [0.2, 0.25) is 10.0 Å². The second kappa shape index (κ2) is 5.61. The minimum atomic E-state index is -0.432. The van der Waals surface area contributed by atoms with Crippen LogP contribution in [0.3, 0.4) is 0 Å². The zero-order valence-corrected chi connectivity index (χ0v) is 12.1. The van der Waals surface area contributed by atoms with E-state index in [-0.39, 0.29) is 11.3 Å². The maximum absolute atomic E-state index is 12.4. The standard InChI is InChI=1S/C14H12Cl2N2O2/c1-18(12-7-9(16)2-4-11(12)17)14(20)10-6-8(15)3-5-13(10)19/h2-7,19H,17H2,1H3. The Hall–Kier alpha value is -1.91. The summed E-state index contributed by atoms with van der Waals surface area (Å²) >= 11 is 11.7. The Kier molecular flexibility index (Phi) is 4.06. The van der Waals surface area contributed by atoms with Crippen LogP contribution >= 0.6 is 23.2 Å². The molecule has 0 fully saturated rings. The summed E-state index contributed by atoms with van der Waals surface area (Å²) in [6.45, 7) is 0. The van der Waals surface area contributed by atoms with Crippen molar-refractivity contribution in [3.63, 3.8) is 0 Å². The van der Waals surface area contributed by atoms with E-state index in [1.165, 1.54) is 23.1 Å². The first-order valence-electron chi connectivity index (χ1n) is 5.71. The lowest BCUT2D eigenvalue weighted by molar-refractivity contribution is 0.0990. The molecule has 6 heteroatoms. The van der Waals surface area contributed by atoms with Crippen molar-refractivity contribution in [3.8, 4) is 5.75 Å². The topological polar surface area (TPSA) is 66.6 Å². The van der Waals surface area contributed by atoms with Crippen molar-refractivity contribution in [3.05, 3.63) is 52.0 Å². The van der Waals surface area contributed by atoms with Crippen LogP contribution in [0.4, 0.5) is 11.4 Å². The summed E-state index contributed by atoms with van der Waals surface area (Å²) in [5, 5.41) is 10.6. The number of nitrogen functional groups attached to an aromatic ring is 1. The van der Waals surface area contributed by atoms with Crippen molar-refractivity contribution in [1.29, 1.82) is 0 Å². The van der Waals surface area contributed by atoms with Crippen molar-refractivity contribution >= 4 is 40.5 Å². The Balaban J connectivity index is 2.42. The Labute approximate surface area is 126 Å². The highest BCUT2D eigenvalue weighted by Gasteiger charge is 2.19. The number of nitrogens with two attached hydrogens (primary N) is 1. The normalized spacial score (nSPS) is 10.3. The van der Waals surface area contributed by atoms with Gasteiger partial charge in [-0.2, -0.15) is 0 Å². The predicted octanol–water partition coefficient (Wildman–Crippen LogP) is 3.56. The van der Waals surface area contributed by atoms with Gasteiger partial charge in [0, 0.05) is 17.1 Å². The van der Waals surface area contributed by atoms with Gasteiger partial charge in [-0.05, 0) is 36.4 Å². The number of phenolic OH excluding ortho intramolecular Hbond substituents is 1. The number of aromatic hydroxyl groups is 1. The second-order valence-electron chi connectivity index (χ2n) is 4.23. The lowest BCUT2D eigenvalue weighted by Gasteiger charge is -2.20. The molecule has 0 bridgehead atoms. The van der Waals surface area contributed by atoms with E-state index in [0.717, 1.165) is 0 Å². The summed E-state index contributed by atoms with van der Waals surface area (Å²) in [5.74, 6) is -0.578. The van der Waals surface area contributed by atoms with Gasteiger partial charge in [-0.25, -0.2) is 0 Å². The number of hydrogen-bond donors (Lipinski definition) is 2. The third kappa shape index (κ3) is 2.81. The first-order chi connectivity index (χ1) is 9.40. The van der Waals surface area contributed by atoms with Crippen LogP contribution in [-0.4, -0.2) is 18.1 Å². The second-order valence-corrected chi connectivity index (χ2v) is 5.10. The molecule has 0 spiro atoms. The molecule has 2 rings (SSSR count). The van der Waals surface area contributed by atoms with Crippen molar-refractivity contribution in [2.45, 2.75) is 0 Å². The van der Waals surface area contributed by atoms with Gasteiger partial charge < -0.3 is 15.7 Å². The minimum Gasteiger partial charge on any atom is -0.507 e. The van der Waals surface area contributed by atoms with E-state index in [9.17, 15) is 9.90 Å². The SMILES string of the molecule is CN(C(=O)c1cc(Cl)ccc1O)c1cc(Cl)ccc1N. The average molecular weight is 311 g/mol. The molecule has 2 aromatic carbocycles. The molecule has 0 aliphatic carbocycles. The molecule has 0 aromatic heterocycles. The Morgan fingerprint density at radius 2 is 1.75 bits per heavy atom. The van der Waals surface area contributed by atoms with Crippen LogP contribution in [0.5, 0.6) is 5.75 Å². The number of carbonyl (C=O) groups excluding carboxylic acids is 1. The fourth-order valence-electron chi connectivity index (χ4n) is 1.78. The molecule has 0 aliphatic heterocycles. The minimum absolute atomic E-state index is 0.0966. The smallest absolute Gasteiger partial charge is 0.261 e. The van der Waals surface area contributed by atoms with Crippen LogP contribution in [-0.2, 0) is 0 Å². The van der Waals surface area contributed by atoms with Crippen LogP contribution in [0.15, 0.2) is 36.4 Å². The van der Waals surface area contributed by atoms with Gasteiger partial charge in [-0.3, -0.25) is 4.79 Å². The van der Waals surface area contributed by atoms with E-state index in [4.69, 9.17) is 28.9 Å². The van der Waals surface area contributed by atoms with E-state index in [1.54, 1.807) is 25.2 Å². The third-order valence-electron chi connectivity index (χ3n) is 2.85. The van der Waals surface area contributed by atoms with Gasteiger partial charge in [0.2, 0.25) is 0 Å². The summed E-state index contributed by atoms with van der Waals surface area (Å²) in [4.78, 5) is 13.7. The maximum Gasteiger partial charge on any atom is 0.261 e. The van der Waals surface area contributed by atoms with Crippen LogP contribution in [0, 0.1) is 0 Å². The number of anilines is 2. The van der Waals surface area contributed by atoms with E-state index >= 15 is 0 Å². The predicted molar refractivity (Wildman–Crippen MR) is 81.7 cm³/mol. The summed E-state index contributed by atoms with van der Waals surface area (Å²) in [5.41, 5.74) is 6.80. The number of hydrogen-bond acceptors (Lipinski definition) is 3. The summed E-state index contributed by atoms with van der Waals surface area (Å²) in [6, 6.07) is 9.09. The highest BCUT2D eigenvalue weighted by atomic mass is 35.5. The first-order valence-corrected chi connectivity index (χ1v) is 6.47.